The van der Waals surface area contributed by atoms with Gasteiger partial charge in [-0.2, -0.15) is 0 Å². The van der Waals surface area contributed by atoms with Crippen LogP contribution in [0.25, 0.3) is 0 Å². The fourth-order valence-corrected chi connectivity index (χ4v) is 1.43. The lowest BCUT2D eigenvalue weighted by Gasteiger charge is -2.03. The quantitative estimate of drug-likeness (QED) is 0.763. The topological polar surface area (TPSA) is 37.3 Å². The van der Waals surface area contributed by atoms with E-state index >= 15 is 0 Å². The lowest BCUT2D eigenvalue weighted by molar-refractivity contribution is -0.116. The minimum absolute atomic E-state index is 0.0343. The number of ketones is 1. The number of aliphatic hydroxyl groups excluding tert-OH is 1. The molecule has 0 aliphatic heterocycles. The van der Waals surface area contributed by atoms with Crippen LogP contribution in [-0.2, 0) is 17.8 Å². The maximum Gasteiger partial charge on any atom is 0.134 e. The molecule has 0 unspecified atom stereocenters. The van der Waals surface area contributed by atoms with Crippen LogP contribution in [0.1, 0.15) is 23.6 Å². The molecule has 1 rings (SSSR count). The van der Waals surface area contributed by atoms with Crippen molar-refractivity contribution in [1.82, 2.24) is 0 Å². The van der Waals surface area contributed by atoms with Gasteiger partial charge in [0.2, 0.25) is 0 Å². The first-order valence-corrected chi connectivity index (χ1v) is 4.31. The van der Waals surface area contributed by atoms with E-state index in [0.717, 1.165) is 16.7 Å². The molecule has 0 fully saturated rings. The second kappa shape index (κ2) is 4.19. The minimum Gasteiger partial charge on any atom is -0.392 e. The van der Waals surface area contributed by atoms with Gasteiger partial charge in [-0.1, -0.05) is 23.8 Å². The van der Waals surface area contributed by atoms with Gasteiger partial charge in [0.1, 0.15) is 5.78 Å². The number of Topliss-reactive ketones (excluding diaryl/α,β-unsaturated/α-hetero) is 1. The Morgan fingerprint density at radius 3 is 2.46 bits per heavy atom. The molecule has 13 heavy (non-hydrogen) atoms. The van der Waals surface area contributed by atoms with Gasteiger partial charge < -0.3 is 5.11 Å². The van der Waals surface area contributed by atoms with Crippen molar-refractivity contribution in [3.63, 3.8) is 0 Å². The van der Waals surface area contributed by atoms with Crippen molar-refractivity contribution in [1.29, 1.82) is 0 Å². The van der Waals surface area contributed by atoms with Crippen LogP contribution in [0.2, 0.25) is 0 Å². The van der Waals surface area contributed by atoms with Crippen molar-refractivity contribution in [2.45, 2.75) is 26.9 Å². The highest BCUT2D eigenvalue weighted by Gasteiger charge is 2.00. The van der Waals surface area contributed by atoms with E-state index in [0.29, 0.717) is 6.42 Å². The van der Waals surface area contributed by atoms with Gasteiger partial charge in [-0.05, 0) is 25.0 Å². The van der Waals surface area contributed by atoms with Gasteiger partial charge in [0.15, 0.2) is 0 Å². The maximum absolute atomic E-state index is 10.9. The number of hydrogen-bond donors (Lipinski definition) is 1. The molecule has 0 aliphatic rings. The van der Waals surface area contributed by atoms with Crippen molar-refractivity contribution < 1.29 is 9.90 Å². The van der Waals surface area contributed by atoms with Crippen LogP contribution < -0.4 is 0 Å². The highest BCUT2D eigenvalue weighted by atomic mass is 16.3. The molecule has 0 aromatic heterocycles. The molecule has 2 nitrogen and oxygen atoms in total. The summed E-state index contributed by atoms with van der Waals surface area (Å²) in [5.74, 6) is 0.148. The average Bonchev–Trinajstić information content (AvgIpc) is 2.01. The van der Waals surface area contributed by atoms with Gasteiger partial charge in [-0.3, -0.25) is 4.79 Å². The molecule has 1 N–H and O–H groups in total. The van der Waals surface area contributed by atoms with Crippen LogP contribution in [-0.4, -0.2) is 10.9 Å². The Bertz CT molecular complexity index is 316. The summed E-state index contributed by atoms with van der Waals surface area (Å²) in [5, 5.41) is 8.94. The van der Waals surface area contributed by atoms with Crippen LogP contribution in [0.15, 0.2) is 18.2 Å². The van der Waals surface area contributed by atoms with E-state index in [1.54, 1.807) is 6.92 Å². The van der Waals surface area contributed by atoms with Gasteiger partial charge in [-0.15, -0.1) is 0 Å². The molecule has 0 saturated heterocycles. The highest BCUT2D eigenvalue weighted by Crippen LogP contribution is 2.10. The Hall–Kier alpha value is -1.15. The Balaban J connectivity index is 2.94. The summed E-state index contributed by atoms with van der Waals surface area (Å²) in [6, 6.07) is 5.76. The second-order valence-electron chi connectivity index (χ2n) is 3.36. The second-order valence-corrected chi connectivity index (χ2v) is 3.36. The van der Waals surface area contributed by atoms with Crippen LogP contribution in [0.3, 0.4) is 0 Å². The van der Waals surface area contributed by atoms with Crippen LogP contribution in [0.5, 0.6) is 0 Å². The largest absolute Gasteiger partial charge is 0.392 e. The zero-order valence-corrected chi connectivity index (χ0v) is 8.00. The SMILES string of the molecule is CC(=O)Cc1cc(C)cc(CO)c1. The first kappa shape index (κ1) is 9.93. The number of aliphatic hydroxyl groups is 1. The molecular weight excluding hydrogens is 164 g/mol. The van der Waals surface area contributed by atoms with E-state index in [9.17, 15) is 4.79 Å². The molecular formula is C11H14O2. The Morgan fingerprint density at radius 1 is 1.31 bits per heavy atom. The monoisotopic (exact) mass is 178 g/mol. The maximum atomic E-state index is 10.9. The van der Waals surface area contributed by atoms with Crippen molar-refractivity contribution in [2.75, 3.05) is 0 Å². The molecule has 2 heteroatoms. The third kappa shape index (κ3) is 2.99. The Morgan fingerprint density at radius 2 is 1.92 bits per heavy atom. The molecule has 0 amide bonds. The summed E-state index contributed by atoms with van der Waals surface area (Å²) in [5.41, 5.74) is 2.94. The summed E-state index contributed by atoms with van der Waals surface area (Å²) < 4.78 is 0. The number of benzene rings is 1. The Kier molecular flexibility index (Phi) is 3.20. The molecule has 0 saturated carbocycles. The van der Waals surface area contributed by atoms with Crippen LogP contribution >= 0.6 is 0 Å². The first-order valence-electron chi connectivity index (χ1n) is 4.31. The third-order valence-corrected chi connectivity index (χ3v) is 1.83. The number of carbonyl (C=O) groups excluding carboxylic acids is 1. The third-order valence-electron chi connectivity index (χ3n) is 1.83. The first-order chi connectivity index (χ1) is 6.11. The van der Waals surface area contributed by atoms with Gasteiger partial charge in [0.25, 0.3) is 0 Å². The van der Waals surface area contributed by atoms with Gasteiger partial charge in [-0.25, -0.2) is 0 Å². The predicted molar refractivity (Wildman–Crippen MR) is 51.5 cm³/mol. The summed E-state index contributed by atoms with van der Waals surface area (Å²) in [4.78, 5) is 10.9. The number of carbonyl (C=O) groups is 1. The standard InChI is InChI=1S/C11H14O2/c1-8-3-10(5-9(2)13)6-11(4-8)7-12/h3-4,6,12H,5,7H2,1-2H3. The fraction of sp³-hybridized carbons (Fsp3) is 0.364. The lowest BCUT2D eigenvalue weighted by atomic mass is 10.0. The van der Waals surface area contributed by atoms with Crippen molar-refractivity contribution in [3.05, 3.63) is 34.9 Å². The van der Waals surface area contributed by atoms with E-state index < -0.39 is 0 Å². The van der Waals surface area contributed by atoms with E-state index in [1.807, 2.05) is 25.1 Å². The van der Waals surface area contributed by atoms with Crippen LogP contribution in [0, 0.1) is 6.92 Å². The lowest BCUT2D eigenvalue weighted by Crippen LogP contribution is -1.98. The summed E-state index contributed by atoms with van der Waals surface area (Å²) in [7, 11) is 0. The average molecular weight is 178 g/mol. The zero-order valence-electron chi connectivity index (χ0n) is 8.00. The van der Waals surface area contributed by atoms with Crippen molar-refractivity contribution in [2.24, 2.45) is 0 Å². The Labute approximate surface area is 78.2 Å². The molecule has 1 aromatic carbocycles. The molecule has 0 aliphatic carbocycles. The number of aryl methyl sites for hydroxylation is 1. The van der Waals surface area contributed by atoms with Crippen molar-refractivity contribution in [3.8, 4) is 0 Å². The van der Waals surface area contributed by atoms with Gasteiger partial charge in [0.05, 0.1) is 6.61 Å². The van der Waals surface area contributed by atoms with E-state index in [-0.39, 0.29) is 12.4 Å². The molecule has 0 bridgehead atoms. The van der Waals surface area contributed by atoms with E-state index in [2.05, 4.69) is 0 Å². The summed E-state index contributed by atoms with van der Waals surface area (Å²) in [6.07, 6.45) is 0.453. The molecule has 0 radical (unpaired) electrons. The van der Waals surface area contributed by atoms with Gasteiger partial charge >= 0.3 is 0 Å². The molecule has 0 spiro atoms. The molecule has 70 valence electrons. The molecule has 1 aromatic rings. The molecule has 0 atom stereocenters. The van der Waals surface area contributed by atoms with E-state index in [4.69, 9.17) is 5.11 Å². The highest BCUT2D eigenvalue weighted by molar-refractivity contribution is 5.78. The summed E-state index contributed by atoms with van der Waals surface area (Å²) >= 11 is 0. The normalized spacial score (nSPS) is 10.1. The van der Waals surface area contributed by atoms with Crippen LogP contribution in [0.4, 0.5) is 0 Å². The van der Waals surface area contributed by atoms with Gasteiger partial charge in [0, 0.05) is 6.42 Å². The van der Waals surface area contributed by atoms with Crippen molar-refractivity contribution >= 4 is 5.78 Å². The number of rotatable bonds is 3. The fourth-order valence-electron chi connectivity index (χ4n) is 1.43. The minimum atomic E-state index is 0.0343. The predicted octanol–water partition coefficient (Wildman–Crippen LogP) is 1.62. The van der Waals surface area contributed by atoms with E-state index in [1.165, 1.54) is 0 Å². The summed E-state index contributed by atoms with van der Waals surface area (Å²) in [6.45, 7) is 3.57. The number of hydrogen-bond acceptors (Lipinski definition) is 2. The smallest absolute Gasteiger partial charge is 0.134 e. The zero-order chi connectivity index (χ0) is 9.84. The molecule has 0 heterocycles.